The SMILES string of the molecule is CC(C)C(NC(N)=O)C(=O)NCC1(c2ccccc2)CC1. The van der Waals surface area contributed by atoms with E-state index in [0.29, 0.717) is 6.54 Å². The van der Waals surface area contributed by atoms with Gasteiger partial charge in [0.2, 0.25) is 5.91 Å². The molecule has 1 aromatic carbocycles. The fraction of sp³-hybridized carbons (Fsp3) is 0.500. The number of benzene rings is 1. The first-order valence-corrected chi connectivity index (χ1v) is 7.34. The van der Waals surface area contributed by atoms with Gasteiger partial charge in [0, 0.05) is 12.0 Å². The summed E-state index contributed by atoms with van der Waals surface area (Å²) < 4.78 is 0. The van der Waals surface area contributed by atoms with Gasteiger partial charge in [0.05, 0.1) is 0 Å². The number of hydrogen-bond donors (Lipinski definition) is 3. The van der Waals surface area contributed by atoms with E-state index in [2.05, 4.69) is 22.8 Å². The Kier molecular flexibility index (Phi) is 4.50. The average molecular weight is 289 g/mol. The fourth-order valence-electron chi connectivity index (χ4n) is 2.56. The molecule has 5 heteroatoms. The lowest BCUT2D eigenvalue weighted by atomic mass is 9.95. The standard InChI is InChI=1S/C16H23N3O2/c1-11(2)13(19-15(17)21)14(20)18-10-16(8-9-16)12-6-4-3-5-7-12/h3-7,11,13H,8-10H2,1-2H3,(H,18,20)(H3,17,19,21). The molecule has 0 aromatic heterocycles. The molecule has 4 N–H and O–H groups in total. The maximum absolute atomic E-state index is 12.2. The van der Waals surface area contributed by atoms with Crippen molar-refractivity contribution < 1.29 is 9.59 Å². The molecular formula is C16H23N3O2. The Bertz CT molecular complexity index is 510. The van der Waals surface area contributed by atoms with Crippen molar-refractivity contribution in [1.82, 2.24) is 10.6 Å². The highest BCUT2D eigenvalue weighted by Crippen LogP contribution is 2.47. The van der Waals surface area contributed by atoms with Crippen LogP contribution in [0.4, 0.5) is 4.79 Å². The molecule has 1 saturated carbocycles. The first-order valence-electron chi connectivity index (χ1n) is 7.34. The van der Waals surface area contributed by atoms with Gasteiger partial charge in [-0.25, -0.2) is 4.79 Å². The second kappa shape index (κ2) is 6.16. The van der Waals surface area contributed by atoms with Gasteiger partial charge in [-0.15, -0.1) is 0 Å². The van der Waals surface area contributed by atoms with E-state index in [9.17, 15) is 9.59 Å². The molecular weight excluding hydrogens is 266 g/mol. The summed E-state index contributed by atoms with van der Waals surface area (Å²) in [5.74, 6) is -0.185. The van der Waals surface area contributed by atoms with Gasteiger partial charge in [-0.1, -0.05) is 44.2 Å². The molecule has 1 aliphatic rings. The topological polar surface area (TPSA) is 84.2 Å². The summed E-state index contributed by atoms with van der Waals surface area (Å²) in [7, 11) is 0. The van der Waals surface area contributed by atoms with E-state index in [1.165, 1.54) is 5.56 Å². The Labute approximate surface area is 125 Å². The van der Waals surface area contributed by atoms with Gasteiger partial charge in [-0.05, 0) is 24.3 Å². The highest BCUT2D eigenvalue weighted by Gasteiger charge is 2.44. The number of carbonyl (C=O) groups excluding carboxylic acids is 2. The Morgan fingerprint density at radius 3 is 2.33 bits per heavy atom. The third-order valence-corrected chi connectivity index (χ3v) is 4.09. The largest absolute Gasteiger partial charge is 0.353 e. The number of nitrogens with one attached hydrogen (secondary N) is 2. The van der Waals surface area contributed by atoms with Crippen molar-refractivity contribution in [2.45, 2.75) is 38.1 Å². The third-order valence-electron chi connectivity index (χ3n) is 4.09. The maximum atomic E-state index is 12.2. The van der Waals surface area contributed by atoms with Crippen LogP contribution in [0, 0.1) is 5.92 Å². The minimum absolute atomic E-state index is 0.00983. The zero-order valence-corrected chi connectivity index (χ0v) is 12.6. The summed E-state index contributed by atoms with van der Waals surface area (Å²) in [4.78, 5) is 23.2. The molecule has 0 bridgehead atoms. The molecule has 0 heterocycles. The molecule has 21 heavy (non-hydrogen) atoms. The van der Waals surface area contributed by atoms with Crippen LogP contribution in [0.15, 0.2) is 30.3 Å². The van der Waals surface area contributed by atoms with Gasteiger partial charge in [0.15, 0.2) is 0 Å². The quantitative estimate of drug-likeness (QED) is 0.742. The number of nitrogens with two attached hydrogens (primary N) is 1. The van der Waals surface area contributed by atoms with E-state index in [1.54, 1.807) is 0 Å². The van der Waals surface area contributed by atoms with E-state index in [1.807, 2.05) is 32.0 Å². The summed E-state index contributed by atoms with van der Waals surface area (Å²) in [6.45, 7) is 4.36. The second-order valence-electron chi connectivity index (χ2n) is 6.09. The molecule has 1 fully saturated rings. The van der Waals surface area contributed by atoms with Crippen LogP contribution in [0.3, 0.4) is 0 Å². The molecule has 0 spiro atoms. The van der Waals surface area contributed by atoms with Crippen molar-refractivity contribution in [2.75, 3.05) is 6.54 Å². The summed E-state index contributed by atoms with van der Waals surface area (Å²) in [6, 6.07) is 8.96. The number of urea groups is 1. The first-order chi connectivity index (χ1) is 9.94. The summed E-state index contributed by atoms with van der Waals surface area (Å²) in [5, 5.41) is 5.46. The number of carbonyl (C=O) groups is 2. The number of hydrogen-bond acceptors (Lipinski definition) is 2. The van der Waals surface area contributed by atoms with Crippen molar-refractivity contribution in [3.8, 4) is 0 Å². The van der Waals surface area contributed by atoms with Crippen LogP contribution in [0.5, 0.6) is 0 Å². The lowest BCUT2D eigenvalue weighted by molar-refractivity contribution is -0.124. The smallest absolute Gasteiger partial charge is 0.312 e. The summed E-state index contributed by atoms with van der Waals surface area (Å²) in [5.41, 5.74) is 6.44. The van der Waals surface area contributed by atoms with Crippen molar-refractivity contribution in [1.29, 1.82) is 0 Å². The second-order valence-corrected chi connectivity index (χ2v) is 6.09. The number of amides is 3. The minimum Gasteiger partial charge on any atom is -0.353 e. The molecule has 2 rings (SSSR count). The van der Waals surface area contributed by atoms with Crippen molar-refractivity contribution in [3.63, 3.8) is 0 Å². The summed E-state index contributed by atoms with van der Waals surface area (Å²) in [6.07, 6.45) is 2.15. The lowest BCUT2D eigenvalue weighted by Crippen LogP contribution is -2.52. The van der Waals surface area contributed by atoms with Crippen LogP contribution in [0.25, 0.3) is 0 Å². The molecule has 114 valence electrons. The van der Waals surface area contributed by atoms with Crippen LogP contribution in [0.1, 0.15) is 32.3 Å². The third kappa shape index (κ3) is 3.74. The van der Waals surface area contributed by atoms with Gasteiger partial charge in [-0.2, -0.15) is 0 Å². The molecule has 5 nitrogen and oxygen atoms in total. The molecule has 1 aliphatic carbocycles. The number of primary amides is 1. The predicted octanol–water partition coefficient (Wildman–Crippen LogP) is 1.53. The monoisotopic (exact) mass is 289 g/mol. The Balaban J connectivity index is 1.96. The van der Waals surface area contributed by atoms with Gasteiger partial charge in [0.1, 0.15) is 6.04 Å². The number of rotatable bonds is 6. The van der Waals surface area contributed by atoms with Crippen molar-refractivity contribution in [2.24, 2.45) is 11.7 Å². The van der Waals surface area contributed by atoms with Crippen LogP contribution in [0.2, 0.25) is 0 Å². The normalized spacial score (nSPS) is 17.1. The first kappa shape index (κ1) is 15.4. The van der Waals surface area contributed by atoms with Gasteiger partial charge < -0.3 is 16.4 Å². The molecule has 1 atom stereocenters. The van der Waals surface area contributed by atoms with E-state index < -0.39 is 12.1 Å². The van der Waals surface area contributed by atoms with E-state index in [0.717, 1.165) is 12.8 Å². The van der Waals surface area contributed by atoms with Crippen LogP contribution in [-0.4, -0.2) is 24.5 Å². The Morgan fingerprint density at radius 1 is 1.24 bits per heavy atom. The van der Waals surface area contributed by atoms with Crippen molar-refractivity contribution >= 4 is 11.9 Å². The van der Waals surface area contributed by atoms with Gasteiger partial charge >= 0.3 is 6.03 Å². The van der Waals surface area contributed by atoms with Crippen LogP contribution < -0.4 is 16.4 Å². The van der Waals surface area contributed by atoms with E-state index in [4.69, 9.17) is 5.73 Å². The van der Waals surface area contributed by atoms with Crippen molar-refractivity contribution in [3.05, 3.63) is 35.9 Å². The average Bonchev–Trinajstić information content (AvgIpc) is 3.24. The summed E-state index contributed by atoms with van der Waals surface area (Å²) >= 11 is 0. The van der Waals surface area contributed by atoms with Gasteiger partial charge in [-0.3, -0.25) is 4.79 Å². The fourth-order valence-corrected chi connectivity index (χ4v) is 2.56. The Hall–Kier alpha value is -2.04. The van der Waals surface area contributed by atoms with Gasteiger partial charge in [0.25, 0.3) is 0 Å². The van der Waals surface area contributed by atoms with Crippen LogP contribution in [-0.2, 0) is 10.2 Å². The molecule has 0 aliphatic heterocycles. The lowest BCUT2D eigenvalue weighted by Gasteiger charge is -2.23. The van der Waals surface area contributed by atoms with E-state index >= 15 is 0 Å². The molecule has 0 saturated heterocycles. The highest BCUT2D eigenvalue weighted by molar-refractivity contribution is 5.86. The maximum Gasteiger partial charge on any atom is 0.312 e. The molecule has 3 amide bonds. The molecule has 0 radical (unpaired) electrons. The highest BCUT2D eigenvalue weighted by atomic mass is 16.2. The Morgan fingerprint density at radius 2 is 1.86 bits per heavy atom. The minimum atomic E-state index is -0.673. The van der Waals surface area contributed by atoms with Crippen LogP contribution >= 0.6 is 0 Å². The molecule has 1 unspecified atom stereocenters. The zero-order valence-electron chi connectivity index (χ0n) is 12.6. The zero-order chi connectivity index (χ0) is 15.5. The van der Waals surface area contributed by atoms with E-state index in [-0.39, 0.29) is 17.2 Å². The predicted molar refractivity (Wildman–Crippen MR) is 81.7 cm³/mol. The molecule has 1 aromatic rings.